The van der Waals surface area contributed by atoms with Crippen molar-refractivity contribution < 1.29 is 8.42 Å². The van der Waals surface area contributed by atoms with E-state index in [9.17, 15) is 8.42 Å². The molecule has 0 bridgehead atoms. The second-order valence-corrected chi connectivity index (χ2v) is 7.50. The lowest BCUT2D eigenvalue weighted by atomic mass is 10.2. The molecule has 120 valence electrons. The monoisotopic (exact) mass is 333 g/mol. The Bertz CT molecular complexity index is 537. The maximum atomic E-state index is 12.4. The van der Waals surface area contributed by atoms with Gasteiger partial charge in [0.15, 0.2) is 0 Å². The first-order valence-electron chi connectivity index (χ1n) is 7.00. The average Bonchev–Trinajstić information content (AvgIpc) is 2.43. The fraction of sp³-hybridized carbons (Fsp3) is 0.571. The Kier molecular flexibility index (Phi) is 7.62. The van der Waals surface area contributed by atoms with Gasteiger partial charge in [0.2, 0.25) is 0 Å². The molecule has 5 nitrogen and oxygen atoms in total. The van der Waals surface area contributed by atoms with Gasteiger partial charge in [0, 0.05) is 32.2 Å². The van der Waals surface area contributed by atoms with Crippen molar-refractivity contribution in [1.82, 2.24) is 13.9 Å². The molecule has 0 aromatic heterocycles. The topological polar surface area (TPSA) is 52.7 Å². The van der Waals surface area contributed by atoms with Crippen LogP contribution >= 0.6 is 11.6 Å². The predicted octanol–water partition coefficient (Wildman–Crippen LogP) is 1.95. The highest BCUT2D eigenvalue weighted by atomic mass is 35.5. The molecule has 1 aromatic carbocycles. The molecule has 0 spiro atoms. The van der Waals surface area contributed by atoms with Gasteiger partial charge in [-0.2, -0.15) is 17.0 Å². The largest absolute Gasteiger partial charge is 0.317 e. The summed E-state index contributed by atoms with van der Waals surface area (Å²) in [6.07, 6.45) is 0.786. The quantitative estimate of drug-likeness (QED) is 0.703. The Morgan fingerprint density at radius 3 is 2.57 bits per heavy atom. The maximum Gasteiger partial charge on any atom is 0.281 e. The molecule has 1 N–H and O–H groups in total. The van der Waals surface area contributed by atoms with E-state index in [1.165, 1.54) is 8.61 Å². The van der Waals surface area contributed by atoms with E-state index >= 15 is 0 Å². The lowest BCUT2D eigenvalue weighted by molar-refractivity contribution is 0.384. The summed E-state index contributed by atoms with van der Waals surface area (Å²) in [5.74, 6) is 0. The van der Waals surface area contributed by atoms with Gasteiger partial charge in [-0.25, -0.2) is 0 Å². The molecule has 0 saturated carbocycles. The lowest BCUT2D eigenvalue weighted by Crippen LogP contribution is -2.40. The summed E-state index contributed by atoms with van der Waals surface area (Å²) in [6, 6.07) is 7.23. The Hall–Kier alpha value is -0.660. The van der Waals surface area contributed by atoms with Gasteiger partial charge in [0.1, 0.15) is 0 Å². The summed E-state index contributed by atoms with van der Waals surface area (Å²) in [5, 5.41) is 3.79. The van der Waals surface area contributed by atoms with Crippen LogP contribution in [0.25, 0.3) is 0 Å². The van der Waals surface area contributed by atoms with E-state index in [1.54, 1.807) is 26.2 Å². The van der Waals surface area contributed by atoms with Gasteiger partial charge >= 0.3 is 0 Å². The summed E-state index contributed by atoms with van der Waals surface area (Å²) < 4.78 is 27.5. The van der Waals surface area contributed by atoms with Crippen LogP contribution in [0.1, 0.15) is 18.9 Å². The molecule has 21 heavy (non-hydrogen) atoms. The van der Waals surface area contributed by atoms with Gasteiger partial charge in [-0.15, -0.1) is 0 Å². The number of nitrogens with zero attached hydrogens (tertiary/aromatic N) is 2. The highest BCUT2D eigenvalue weighted by molar-refractivity contribution is 7.86. The van der Waals surface area contributed by atoms with Crippen molar-refractivity contribution in [2.75, 3.05) is 33.7 Å². The molecule has 0 radical (unpaired) electrons. The molecule has 0 amide bonds. The van der Waals surface area contributed by atoms with Crippen LogP contribution in [0.3, 0.4) is 0 Å². The highest BCUT2D eigenvalue weighted by Crippen LogP contribution is 2.14. The van der Waals surface area contributed by atoms with Gasteiger partial charge in [-0.1, -0.05) is 30.7 Å². The van der Waals surface area contributed by atoms with Gasteiger partial charge < -0.3 is 5.32 Å². The van der Waals surface area contributed by atoms with Crippen LogP contribution in [0, 0.1) is 0 Å². The van der Waals surface area contributed by atoms with Crippen LogP contribution in [0.4, 0.5) is 0 Å². The summed E-state index contributed by atoms with van der Waals surface area (Å²) in [5.41, 5.74) is 0.870. The van der Waals surface area contributed by atoms with Crippen LogP contribution in [0.5, 0.6) is 0 Å². The van der Waals surface area contributed by atoms with E-state index in [-0.39, 0.29) is 0 Å². The SMILES string of the molecule is CCNCCCN(C)S(=O)(=O)N(C)Cc1cccc(Cl)c1. The van der Waals surface area contributed by atoms with Crippen LogP contribution < -0.4 is 5.32 Å². The molecule has 0 unspecified atom stereocenters. The third-order valence-electron chi connectivity index (χ3n) is 3.16. The molecule has 0 aliphatic heterocycles. The normalized spacial score (nSPS) is 12.3. The van der Waals surface area contributed by atoms with Crippen molar-refractivity contribution in [1.29, 1.82) is 0 Å². The fourth-order valence-electron chi connectivity index (χ4n) is 1.93. The Morgan fingerprint density at radius 1 is 1.24 bits per heavy atom. The van der Waals surface area contributed by atoms with Gasteiger partial charge in [-0.05, 0) is 37.2 Å². The van der Waals surface area contributed by atoms with Crippen molar-refractivity contribution in [3.63, 3.8) is 0 Å². The molecule has 0 fully saturated rings. The minimum Gasteiger partial charge on any atom is -0.317 e. The molecule has 0 atom stereocenters. The summed E-state index contributed by atoms with van der Waals surface area (Å²) in [4.78, 5) is 0. The predicted molar refractivity (Wildman–Crippen MR) is 87.6 cm³/mol. The van der Waals surface area contributed by atoms with Crippen LogP contribution in [-0.4, -0.2) is 50.8 Å². The third kappa shape index (κ3) is 5.92. The summed E-state index contributed by atoms with van der Waals surface area (Å²) in [7, 11) is -0.254. The second kappa shape index (κ2) is 8.70. The van der Waals surface area contributed by atoms with Crippen molar-refractivity contribution in [3.8, 4) is 0 Å². The second-order valence-electron chi connectivity index (χ2n) is 4.92. The van der Waals surface area contributed by atoms with Crippen molar-refractivity contribution in [2.45, 2.75) is 19.9 Å². The first-order chi connectivity index (χ1) is 9.87. The first kappa shape index (κ1) is 18.4. The minimum absolute atomic E-state index is 0.306. The maximum absolute atomic E-state index is 12.4. The van der Waals surface area contributed by atoms with Gasteiger partial charge in [-0.3, -0.25) is 0 Å². The highest BCUT2D eigenvalue weighted by Gasteiger charge is 2.23. The first-order valence-corrected chi connectivity index (χ1v) is 8.78. The Morgan fingerprint density at radius 2 is 1.95 bits per heavy atom. The van der Waals surface area contributed by atoms with Crippen LogP contribution in [0.15, 0.2) is 24.3 Å². The van der Waals surface area contributed by atoms with Crippen molar-refractivity contribution in [2.24, 2.45) is 0 Å². The number of nitrogens with one attached hydrogen (secondary N) is 1. The molecule has 7 heteroatoms. The lowest BCUT2D eigenvalue weighted by Gasteiger charge is -2.24. The zero-order valence-corrected chi connectivity index (χ0v) is 14.4. The summed E-state index contributed by atoms with van der Waals surface area (Å²) >= 11 is 5.92. The van der Waals surface area contributed by atoms with Crippen molar-refractivity contribution in [3.05, 3.63) is 34.9 Å². The molecule has 1 rings (SSSR count). The Labute approximate surface area is 133 Å². The number of benzene rings is 1. The molecular formula is C14H24ClN3O2S. The standard InChI is InChI=1S/C14H24ClN3O2S/c1-4-16-9-6-10-17(2)21(19,20)18(3)12-13-7-5-8-14(15)11-13/h5,7-8,11,16H,4,6,9-10,12H2,1-3H3. The van der Waals surface area contributed by atoms with E-state index in [4.69, 9.17) is 11.6 Å². The zero-order valence-electron chi connectivity index (χ0n) is 12.8. The minimum atomic E-state index is -3.44. The summed E-state index contributed by atoms with van der Waals surface area (Å²) in [6.45, 7) is 4.54. The molecule has 0 aliphatic carbocycles. The molecule has 0 saturated heterocycles. The third-order valence-corrected chi connectivity index (χ3v) is 5.28. The number of rotatable bonds is 9. The smallest absolute Gasteiger partial charge is 0.281 e. The zero-order chi connectivity index (χ0) is 15.9. The fourth-order valence-corrected chi connectivity index (χ4v) is 3.29. The molecule has 0 aliphatic rings. The number of halogens is 1. The molecular weight excluding hydrogens is 310 g/mol. The Balaban J connectivity index is 2.59. The van der Waals surface area contributed by atoms with E-state index in [0.29, 0.717) is 18.1 Å². The van der Waals surface area contributed by atoms with E-state index < -0.39 is 10.2 Å². The average molecular weight is 334 g/mol. The van der Waals surface area contributed by atoms with E-state index in [0.717, 1.165) is 25.1 Å². The number of hydrogen-bond donors (Lipinski definition) is 1. The van der Waals surface area contributed by atoms with Crippen molar-refractivity contribution >= 4 is 21.8 Å². The van der Waals surface area contributed by atoms with E-state index in [1.807, 2.05) is 19.1 Å². The van der Waals surface area contributed by atoms with Crippen LogP contribution in [-0.2, 0) is 16.8 Å². The molecule has 0 heterocycles. The van der Waals surface area contributed by atoms with Gasteiger partial charge in [0.05, 0.1) is 0 Å². The van der Waals surface area contributed by atoms with Gasteiger partial charge in [0.25, 0.3) is 10.2 Å². The van der Waals surface area contributed by atoms with E-state index in [2.05, 4.69) is 5.32 Å². The molecule has 1 aromatic rings. The number of hydrogen-bond acceptors (Lipinski definition) is 3. The van der Waals surface area contributed by atoms with Crippen LogP contribution in [0.2, 0.25) is 5.02 Å².